The maximum Gasteiger partial charge on any atom is 0.119 e. The molecule has 0 atom stereocenters. The second kappa shape index (κ2) is 5.23. The summed E-state index contributed by atoms with van der Waals surface area (Å²) in [5.41, 5.74) is 9.80. The van der Waals surface area contributed by atoms with Crippen molar-refractivity contribution in [1.82, 2.24) is 10.2 Å². The van der Waals surface area contributed by atoms with E-state index in [1.807, 2.05) is 45.0 Å². The van der Waals surface area contributed by atoms with Crippen LogP contribution in [0, 0.1) is 6.92 Å². The zero-order valence-corrected chi connectivity index (χ0v) is 11.0. The Kier molecular flexibility index (Phi) is 3.67. The number of aromatic nitrogens is 2. The fourth-order valence-corrected chi connectivity index (χ4v) is 1.90. The summed E-state index contributed by atoms with van der Waals surface area (Å²) in [6.45, 7) is 6.49. The van der Waals surface area contributed by atoms with Crippen molar-refractivity contribution in [3.05, 3.63) is 35.5 Å². The minimum atomic E-state index is 0.183. The fraction of sp³-hybridized carbons (Fsp3) is 0.357. The molecule has 0 unspecified atom stereocenters. The Morgan fingerprint density at radius 3 is 2.50 bits per heavy atom. The number of nitrogens with zero attached hydrogens (tertiary/aromatic N) is 1. The Morgan fingerprint density at radius 2 is 1.94 bits per heavy atom. The van der Waals surface area contributed by atoms with Gasteiger partial charge in [-0.1, -0.05) is 0 Å². The van der Waals surface area contributed by atoms with E-state index in [9.17, 15) is 0 Å². The van der Waals surface area contributed by atoms with Crippen molar-refractivity contribution in [3.63, 3.8) is 0 Å². The van der Waals surface area contributed by atoms with Crippen LogP contribution in [0.25, 0.3) is 11.3 Å². The zero-order chi connectivity index (χ0) is 13.1. The summed E-state index contributed by atoms with van der Waals surface area (Å²) in [6, 6.07) is 7.93. The van der Waals surface area contributed by atoms with Crippen molar-refractivity contribution < 1.29 is 4.74 Å². The number of hydrogen-bond donors (Lipinski definition) is 2. The minimum absolute atomic E-state index is 0.183. The highest BCUT2D eigenvalue weighted by atomic mass is 16.5. The van der Waals surface area contributed by atoms with Gasteiger partial charge in [-0.25, -0.2) is 0 Å². The van der Waals surface area contributed by atoms with Gasteiger partial charge in [0, 0.05) is 23.4 Å². The summed E-state index contributed by atoms with van der Waals surface area (Å²) in [5.74, 6) is 0.871. The predicted molar refractivity (Wildman–Crippen MR) is 72.4 cm³/mol. The van der Waals surface area contributed by atoms with Crippen molar-refractivity contribution in [2.24, 2.45) is 5.73 Å². The molecule has 4 heteroatoms. The number of aromatic amines is 1. The van der Waals surface area contributed by atoms with Crippen LogP contribution < -0.4 is 10.5 Å². The van der Waals surface area contributed by atoms with Crippen LogP contribution in [-0.2, 0) is 6.54 Å². The van der Waals surface area contributed by atoms with Crippen molar-refractivity contribution in [2.75, 3.05) is 0 Å². The first-order valence-electron chi connectivity index (χ1n) is 6.12. The summed E-state index contributed by atoms with van der Waals surface area (Å²) in [6.07, 6.45) is 0.183. The first-order chi connectivity index (χ1) is 8.61. The van der Waals surface area contributed by atoms with E-state index in [0.29, 0.717) is 6.54 Å². The molecular weight excluding hydrogens is 226 g/mol. The Bertz CT molecular complexity index is 514. The molecule has 0 amide bonds. The van der Waals surface area contributed by atoms with Gasteiger partial charge in [-0.15, -0.1) is 0 Å². The van der Waals surface area contributed by atoms with E-state index in [1.54, 1.807) is 0 Å². The summed E-state index contributed by atoms with van der Waals surface area (Å²) >= 11 is 0. The molecule has 0 saturated heterocycles. The lowest BCUT2D eigenvalue weighted by Crippen LogP contribution is -2.05. The van der Waals surface area contributed by atoms with E-state index in [1.165, 1.54) is 0 Å². The highest BCUT2D eigenvalue weighted by Crippen LogP contribution is 2.25. The highest BCUT2D eigenvalue weighted by molar-refractivity contribution is 5.64. The number of ether oxygens (including phenoxy) is 1. The fourth-order valence-electron chi connectivity index (χ4n) is 1.90. The zero-order valence-electron chi connectivity index (χ0n) is 11.0. The molecule has 0 aliphatic heterocycles. The van der Waals surface area contributed by atoms with E-state index in [2.05, 4.69) is 10.2 Å². The van der Waals surface area contributed by atoms with Crippen LogP contribution in [0.5, 0.6) is 5.75 Å². The third kappa shape index (κ3) is 2.54. The Morgan fingerprint density at radius 1 is 1.28 bits per heavy atom. The Balaban J connectivity index is 2.28. The number of rotatable bonds is 4. The molecule has 0 aliphatic carbocycles. The molecule has 1 aromatic carbocycles. The van der Waals surface area contributed by atoms with Gasteiger partial charge in [0.15, 0.2) is 0 Å². The number of nitrogens with two attached hydrogens (primary N) is 1. The standard InChI is InChI=1S/C14H19N3O/c1-9(2)18-12-6-4-11(5-7-12)14-13(8-15)10(3)16-17-14/h4-7,9H,8,15H2,1-3H3,(H,16,17). The molecule has 2 rings (SSSR count). The summed E-state index contributed by atoms with van der Waals surface area (Å²) in [7, 11) is 0. The average Bonchev–Trinajstić information content (AvgIpc) is 2.70. The molecule has 0 bridgehead atoms. The molecule has 96 valence electrons. The topological polar surface area (TPSA) is 63.9 Å². The molecule has 1 heterocycles. The molecule has 18 heavy (non-hydrogen) atoms. The normalized spacial score (nSPS) is 10.9. The van der Waals surface area contributed by atoms with Gasteiger partial charge in [-0.2, -0.15) is 5.10 Å². The SMILES string of the molecule is Cc1[nH]nc(-c2ccc(OC(C)C)cc2)c1CN. The van der Waals surface area contributed by atoms with Crippen molar-refractivity contribution in [2.45, 2.75) is 33.4 Å². The van der Waals surface area contributed by atoms with E-state index in [4.69, 9.17) is 10.5 Å². The van der Waals surface area contributed by atoms with Crippen LogP contribution in [0.15, 0.2) is 24.3 Å². The second-order valence-corrected chi connectivity index (χ2v) is 4.57. The van der Waals surface area contributed by atoms with Crippen LogP contribution in [0.1, 0.15) is 25.1 Å². The second-order valence-electron chi connectivity index (χ2n) is 4.57. The van der Waals surface area contributed by atoms with E-state index >= 15 is 0 Å². The first-order valence-corrected chi connectivity index (χ1v) is 6.12. The third-order valence-corrected chi connectivity index (χ3v) is 2.78. The number of aryl methyl sites for hydroxylation is 1. The van der Waals surface area contributed by atoms with Gasteiger partial charge in [-0.05, 0) is 45.0 Å². The number of hydrogen-bond acceptors (Lipinski definition) is 3. The summed E-state index contributed by atoms with van der Waals surface area (Å²) in [4.78, 5) is 0. The third-order valence-electron chi connectivity index (χ3n) is 2.78. The minimum Gasteiger partial charge on any atom is -0.491 e. The van der Waals surface area contributed by atoms with Crippen LogP contribution in [-0.4, -0.2) is 16.3 Å². The number of H-pyrrole nitrogens is 1. The van der Waals surface area contributed by atoms with Gasteiger partial charge in [-0.3, -0.25) is 5.10 Å². The molecule has 0 aliphatic rings. The van der Waals surface area contributed by atoms with Gasteiger partial charge >= 0.3 is 0 Å². The maximum atomic E-state index is 5.74. The van der Waals surface area contributed by atoms with Crippen LogP contribution >= 0.6 is 0 Å². The lowest BCUT2D eigenvalue weighted by Gasteiger charge is -2.09. The molecule has 2 aromatic rings. The molecule has 0 spiro atoms. The Hall–Kier alpha value is -1.81. The summed E-state index contributed by atoms with van der Waals surface area (Å²) < 4.78 is 5.61. The van der Waals surface area contributed by atoms with Crippen LogP contribution in [0.3, 0.4) is 0 Å². The molecule has 0 fully saturated rings. The molecule has 1 aromatic heterocycles. The molecule has 0 saturated carbocycles. The lowest BCUT2D eigenvalue weighted by atomic mass is 10.1. The molecule has 3 N–H and O–H groups in total. The predicted octanol–water partition coefficient (Wildman–Crippen LogP) is 2.63. The van der Waals surface area contributed by atoms with E-state index in [-0.39, 0.29) is 6.10 Å². The highest BCUT2D eigenvalue weighted by Gasteiger charge is 2.10. The van der Waals surface area contributed by atoms with E-state index in [0.717, 1.165) is 28.3 Å². The monoisotopic (exact) mass is 245 g/mol. The quantitative estimate of drug-likeness (QED) is 0.870. The van der Waals surface area contributed by atoms with Crippen molar-refractivity contribution in [1.29, 1.82) is 0 Å². The van der Waals surface area contributed by atoms with Gasteiger partial charge in [0.2, 0.25) is 0 Å². The van der Waals surface area contributed by atoms with Gasteiger partial charge in [0.05, 0.1) is 11.8 Å². The maximum absolute atomic E-state index is 5.74. The summed E-state index contributed by atoms with van der Waals surface area (Å²) in [5, 5.41) is 7.27. The number of benzene rings is 1. The molecular formula is C14H19N3O. The van der Waals surface area contributed by atoms with Gasteiger partial charge in [0.25, 0.3) is 0 Å². The van der Waals surface area contributed by atoms with Crippen LogP contribution in [0.4, 0.5) is 0 Å². The largest absolute Gasteiger partial charge is 0.491 e. The van der Waals surface area contributed by atoms with Gasteiger partial charge in [0.1, 0.15) is 5.75 Å². The van der Waals surface area contributed by atoms with Gasteiger partial charge < -0.3 is 10.5 Å². The number of nitrogens with one attached hydrogen (secondary N) is 1. The van der Waals surface area contributed by atoms with Crippen molar-refractivity contribution >= 4 is 0 Å². The lowest BCUT2D eigenvalue weighted by molar-refractivity contribution is 0.242. The average molecular weight is 245 g/mol. The molecule has 0 radical (unpaired) electrons. The van der Waals surface area contributed by atoms with Crippen molar-refractivity contribution in [3.8, 4) is 17.0 Å². The van der Waals surface area contributed by atoms with Crippen LogP contribution in [0.2, 0.25) is 0 Å². The van der Waals surface area contributed by atoms with E-state index < -0.39 is 0 Å². The smallest absolute Gasteiger partial charge is 0.119 e. The Labute approximate surface area is 107 Å². The first kappa shape index (κ1) is 12.6. The molecule has 4 nitrogen and oxygen atoms in total.